The van der Waals surface area contributed by atoms with Gasteiger partial charge >= 0.3 is 0 Å². The molecule has 2 saturated heterocycles. The summed E-state index contributed by atoms with van der Waals surface area (Å²) in [5.41, 5.74) is 2.79. The van der Waals surface area contributed by atoms with Crippen molar-refractivity contribution in [2.24, 2.45) is 5.92 Å². The van der Waals surface area contributed by atoms with Crippen LogP contribution in [0.25, 0.3) is 0 Å². The molecule has 0 aromatic heterocycles. The number of amides is 3. The van der Waals surface area contributed by atoms with Crippen molar-refractivity contribution < 1.29 is 14.4 Å². The molecule has 0 spiro atoms. The summed E-state index contributed by atoms with van der Waals surface area (Å²) < 4.78 is 0. The summed E-state index contributed by atoms with van der Waals surface area (Å²) in [5.74, 6) is -0.0160. The smallest absolute Gasteiger partial charge is 0.255 e. The standard InChI is InChI=1S/C20H26N4O3/c25-18-4-3-17(19(26)23-18)24-12-15-9-14(1-2-16(15)20(24)27)11-22-10-13-5-7-21-8-6-13/h1-2,9,13,17,21-22H,3-8,10-12H2,(H,23,25,26). The maximum atomic E-state index is 12.7. The summed E-state index contributed by atoms with van der Waals surface area (Å²) in [6, 6.07) is 5.36. The molecule has 0 aliphatic carbocycles. The number of hydrogen-bond acceptors (Lipinski definition) is 5. The number of imide groups is 1. The van der Waals surface area contributed by atoms with Crippen LogP contribution in [-0.4, -0.2) is 48.3 Å². The van der Waals surface area contributed by atoms with E-state index in [1.807, 2.05) is 12.1 Å². The van der Waals surface area contributed by atoms with Crippen molar-refractivity contribution in [3.63, 3.8) is 0 Å². The van der Waals surface area contributed by atoms with E-state index in [1.54, 1.807) is 4.90 Å². The third-order valence-corrected chi connectivity index (χ3v) is 5.81. The maximum Gasteiger partial charge on any atom is 0.255 e. The van der Waals surface area contributed by atoms with Crippen molar-refractivity contribution in [3.8, 4) is 0 Å². The van der Waals surface area contributed by atoms with E-state index in [-0.39, 0.29) is 24.1 Å². The first-order valence-electron chi connectivity index (χ1n) is 9.79. The number of fused-ring (bicyclic) bond motifs is 1. The Kier molecular flexibility index (Phi) is 5.22. The zero-order chi connectivity index (χ0) is 18.8. The quantitative estimate of drug-likeness (QED) is 0.658. The number of benzene rings is 1. The average molecular weight is 370 g/mol. The zero-order valence-electron chi connectivity index (χ0n) is 15.4. The van der Waals surface area contributed by atoms with Crippen LogP contribution in [0.4, 0.5) is 0 Å². The number of carbonyl (C=O) groups is 3. The Morgan fingerprint density at radius 1 is 1.11 bits per heavy atom. The predicted octanol–water partition coefficient (Wildman–Crippen LogP) is 0.537. The van der Waals surface area contributed by atoms with Gasteiger partial charge in [-0.3, -0.25) is 19.7 Å². The third kappa shape index (κ3) is 3.89. The van der Waals surface area contributed by atoms with Crippen LogP contribution < -0.4 is 16.0 Å². The van der Waals surface area contributed by atoms with Crippen LogP contribution >= 0.6 is 0 Å². The second kappa shape index (κ2) is 7.78. The van der Waals surface area contributed by atoms with Gasteiger partial charge in [-0.05, 0) is 62.0 Å². The first-order valence-corrected chi connectivity index (χ1v) is 9.79. The fraction of sp³-hybridized carbons (Fsp3) is 0.550. The largest absolute Gasteiger partial charge is 0.322 e. The maximum absolute atomic E-state index is 12.7. The van der Waals surface area contributed by atoms with Crippen LogP contribution in [0.3, 0.4) is 0 Å². The molecule has 1 aromatic carbocycles. The van der Waals surface area contributed by atoms with Crippen LogP contribution in [-0.2, 0) is 22.7 Å². The normalized spacial score (nSPS) is 23.5. The van der Waals surface area contributed by atoms with Crippen LogP contribution in [0, 0.1) is 5.92 Å². The summed E-state index contributed by atoms with van der Waals surface area (Å²) in [5, 5.41) is 9.25. The van der Waals surface area contributed by atoms with Crippen molar-refractivity contribution in [2.75, 3.05) is 19.6 Å². The van der Waals surface area contributed by atoms with Crippen molar-refractivity contribution in [1.29, 1.82) is 0 Å². The molecule has 0 radical (unpaired) electrons. The highest BCUT2D eigenvalue weighted by molar-refractivity contribution is 6.05. The molecule has 3 heterocycles. The number of nitrogens with one attached hydrogen (secondary N) is 3. The molecule has 1 unspecified atom stereocenters. The van der Waals surface area contributed by atoms with Gasteiger partial charge in [0.2, 0.25) is 11.8 Å². The molecule has 4 rings (SSSR count). The zero-order valence-corrected chi connectivity index (χ0v) is 15.4. The minimum atomic E-state index is -0.552. The fourth-order valence-electron chi connectivity index (χ4n) is 4.24. The lowest BCUT2D eigenvalue weighted by Gasteiger charge is -2.29. The SMILES string of the molecule is O=C1CCC(N2Cc3cc(CNCC4CCNCC4)ccc3C2=O)C(=O)N1. The molecule has 2 fully saturated rings. The average Bonchev–Trinajstić information content (AvgIpc) is 2.99. The topological polar surface area (TPSA) is 90.5 Å². The minimum absolute atomic E-state index is 0.117. The van der Waals surface area contributed by atoms with Gasteiger partial charge in [0.05, 0.1) is 0 Å². The predicted molar refractivity (Wildman–Crippen MR) is 99.8 cm³/mol. The van der Waals surface area contributed by atoms with Gasteiger partial charge in [-0.2, -0.15) is 0 Å². The molecule has 3 N–H and O–H groups in total. The van der Waals surface area contributed by atoms with Crippen molar-refractivity contribution in [3.05, 3.63) is 34.9 Å². The molecule has 3 amide bonds. The Labute approximate surface area is 158 Å². The molecule has 1 atom stereocenters. The van der Waals surface area contributed by atoms with Crippen molar-refractivity contribution in [1.82, 2.24) is 20.9 Å². The lowest BCUT2D eigenvalue weighted by Crippen LogP contribution is -2.52. The van der Waals surface area contributed by atoms with Gasteiger partial charge in [0.1, 0.15) is 6.04 Å². The number of piperidine rings is 2. The number of rotatable bonds is 5. The summed E-state index contributed by atoms with van der Waals surface area (Å²) in [4.78, 5) is 37.7. The first kappa shape index (κ1) is 18.1. The van der Waals surface area contributed by atoms with Crippen LogP contribution in [0.15, 0.2) is 18.2 Å². The van der Waals surface area contributed by atoms with E-state index in [1.165, 1.54) is 12.8 Å². The van der Waals surface area contributed by atoms with E-state index >= 15 is 0 Å². The third-order valence-electron chi connectivity index (χ3n) is 5.81. The number of nitrogens with zero attached hydrogens (tertiary/aromatic N) is 1. The Morgan fingerprint density at radius 2 is 1.93 bits per heavy atom. The molecule has 0 saturated carbocycles. The van der Waals surface area contributed by atoms with Gasteiger partial charge in [0.15, 0.2) is 0 Å². The monoisotopic (exact) mass is 370 g/mol. The van der Waals surface area contributed by atoms with E-state index in [0.717, 1.165) is 43.2 Å². The van der Waals surface area contributed by atoms with Gasteiger partial charge in [-0.25, -0.2) is 0 Å². The Balaban J connectivity index is 1.37. The highest BCUT2D eigenvalue weighted by Crippen LogP contribution is 2.28. The molecule has 3 aliphatic rings. The van der Waals surface area contributed by atoms with E-state index in [2.05, 4.69) is 22.0 Å². The van der Waals surface area contributed by atoms with Crippen molar-refractivity contribution in [2.45, 2.75) is 44.8 Å². The molecule has 0 bridgehead atoms. The molecule has 7 heteroatoms. The molecule has 3 aliphatic heterocycles. The van der Waals surface area contributed by atoms with E-state index in [4.69, 9.17) is 0 Å². The number of hydrogen-bond donors (Lipinski definition) is 3. The molecular weight excluding hydrogens is 344 g/mol. The second-order valence-corrected chi connectivity index (χ2v) is 7.72. The van der Waals surface area contributed by atoms with E-state index in [9.17, 15) is 14.4 Å². The highest BCUT2D eigenvalue weighted by Gasteiger charge is 2.38. The highest BCUT2D eigenvalue weighted by atomic mass is 16.2. The second-order valence-electron chi connectivity index (χ2n) is 7.72. The molecule has 144 valence electrons. The Morgan fingerprint density at radius 3 is 2.70 bits per heavy atom. The summed E-state index contributed by atoms with van der Waals surface area (Å²) in [6.07, 6.45) is 3.11. The summed E-state index contributed by atoms with van der Waals surface area (Å²) >= 11 is 0. The van der Waals surface area contributed by atoms with Gasteiger partial charge in [0.25, 0.3) is 5.91 Å². The molecule has 7 nitrogen and oxygen atoms in total. The van der Waals surface area contributed by atoms with Gasteiger partial charge in [0, 0.05) is 25.1 Å². The van der Waals surface area contributed by atoms with Crippen molar-refractivity contribution >= 4 is 17.7 Å². The van der Waals surface area contributed by atoms with Crippen LogP contribution in [0.5, 0.6) is 0 Å². The van der Waals surface area contributed by atoms with E-state index in [0.29, 0.717) is 18.5 Å². The van der Waals surface area contributed by atoms with E-state index < -0.39 is 6.04 Å². The Hall–Kier alpha value is -2.25. The van der Waals surface area contributed by atoms with Crippen LogP contribution in [0.2, 0.25) is 0 Å². The lowest BCUT2D eigenvalue weighted by molar-refractivity contribution is -0.136. The van der Waals surface area contributed by atoms with Gasteiger partial charge in [-0.1, -0.05) is 12.1 Å². The van der Waals surface area contributed by atoms with Gasteiger partial charge < -0.3 is 15.5 Å². The van der Waals surface area contributed by atoms with Crippen LogP contribution in [0.1, 0.15) is 47.2 Å². The lowest BCUT2D eigenvalue weighted by atomic mass is 9.98. The van der Waals surface area contributed by atoms with Gasteiger partial charge in [-0.15, -0.1) is 0 Å². The molecule has 27 heavy (non-hydrogen) atoms. The number of carbonyl (C=O) groups excluding carboxylic acids is 3. The summed E-state index contributed by atoms with van der Waals surface area (Å²) in [7, 11) is 0. The Bertz CT molecular complexity index is 758. The first-order chi connectivity index (χ1) is 13.1. The minimum Gasteiger partial charge on any atom is -0.322 e. The summed E-state index contributed by atoms with van der Waals surface area (Å²) in [6.45, 7) is 4.43. The fourth-order valence-corrected chi connectivity index (χ4v) is 4.24. The molecular formula is C20H26N4O3. The molecule has 1 aromatic rings.